The summed E-state index contributed by atoms with van der Waals surface area (Å²) in [5.74, 6) is -0.403. The maximum absolute atomic E-state index is 13.0. The molecule has 0 aliphatic carbocycles. The van der Waals surface area contributed by atoms with Gasteiger partial charge in [-0.2, -0.15) is 8.42 Å². The molecule has 12 nitrogen and oxygen atoms in total. The van der Waals surface area contributed by atoms with Gasteiger partial charge in [-0.25, -0.2) is 4.18 Å². The first-order chi connectivity index (χ1) is 34.6. The third-order valence-electron chi connectivity index (χ3n) is 12.9. The molecule has 1 rings (SSSR count). The zero-order valence-electron chi connectivity index (χ0n) is 44.8. The van der Waals surface area contributed by atoms with Crippen molar-refractivity contribution in [2.75, 3.05) is 26.4 Å². The van der Waals surface area contributed by atoms with E-state index in [0.29, 0.717) is 13.0 Å². The number of carbonyl (C=O) groups excluding carboxylic acids is 1. The van der Waals surface area contributed by atoms with Crippen LogP contribution >= 0.6 is 0 Å². The molecule has 1 aliphatic rings. The van der Waals surface area contributed by atoms with Crippen molar-refractivity contribution in [2.45, 2.75) is 275 Å². The molecule has 71 heavy (non-hydrogen) atoms. The summed E-state index contributed by atoms with van der Waals surface area (Å²) in [4.78, 5) is 13.0. The van der Waals surface area contributed by atoms with E-state index in [1.54, 1.807) is 0 Å². The number of hydrogen-bond acceptors (Lipinski definition) is 11. The van der Waals surface area contributed by atoms with Crippen LogP contribution in [0.25, 0.3) is 0 Å². The molecule has 0 aromatic carbocycles. The Morgan fingerprint density at radius 2 is 0.972 bits per heavy atom. The molecule has 0 aromatic rings. The van der Waals surface area contributed by atoms with Gasteiger partial charge in [-0.15, -0.1) is 0 Å². The van der Waals surface area contributed by atoms with Crippen LogP contribution in [-0.2, 0) is 38.3 Å². The lowest BCUT2D eigenvalue weighted by Gasteiger charge is -2.41. The van der Waals surface area contributed by atoms with Gasteiger partial charge in [-0.05, 0) is 57.8 Å². The number of allylic oxidation sites excluding steroid dienone is 10. The summed E-state index contributed by atoms with van der Waals surface area (Å²) < 4.78 is 59.4. The maximum atomic E-state index is 13.0. The van der Waals surface area contributed by atoms with E-state index in [0.717, 1.165) is 77.0 Å². The Kier molecular flexibility index (Phi) is 45.9. The average Bonchev–Trinajstić information content (AvgIpc) is 3.35. The lowest BCUT2D eigenvalue weighted by Crippen LogP contribution is -2.60. The highest BCUT2D eigenvalue weighted by atomic mass is 32.3. The molecule has 414 valence electrons. The minimum atomic E-state index is -5.07. The smallest absolute Gasteiger partial charge is 0.397 e. The molecule has 1 fully saturated rings. The van der Waals surface area contributed by atoms with Gasteiger partial charge in [0.1, 0.15) is 30.5 Å². The molecule has 0 saturated carbocycles. The first-order valence-corrected chi connectivity index (χ1v) is 29.9. The molecule has 6 unspecified atom stereocenters. The Balaban J connectivity index is 2.31. The van der Waals surface area contributed by atoms with Crippen LogP contribution in [-0.4, -0.2) is 97.5 Å². The normalized spacial score (nSPS) is 19.4. The molecule has 1 aliphatic heterocycles. The summed E-state index contributed by atoms with van der Waals surface area (Å²) in [7, 11) is -5.07. The lowest BCUT2D eigenvalue weighted by molar-refractivity contribution is -0.301. The predicted molar refractivity (Wildman–Crippen MR) is 289 cm³/mol. The van der Waals surface area contributed by atoms with Crippen molar-refractivity contribution in [3.8, 4) is 0 Å². The number of aliphatic hydroxyl groups is 3. The minimum Gasteiger partial charge on any atom is -0.457 e. The zero-order valence-corrected chi connectivity index (χ0v) is 45.6. The summed E-state index contributed by atoms with van der Waals surface area (Å²) in [6.07, 6.45) is 53.9. The average molecular weight is 1030 g/mol. The van der Waals surface area contributed by atoms with Gasteiger partial charge in [0.25, 0.3) is 0 Å². The van der Waals surface area contributed by atoms with Gasteiger partial charge in [0.2, 0.25) is 0 Å². The third-order valence-corrected chi connectivity index (χ3v) is 13.4. The van der Waals surface area contributed by atoms with Gasteiger partial charge < -0.3 is 34.3 Å². The highest BCUT2D eigenvalue weighted by Crippen LogP contribution is 2.26. The summed E-state index contributed by atoms with van der Waals surface area (Å²) in [5.41, 5.74) is 0. The second kappa shape index (κ2) is 48.7. The molecule has 0 spiro atoms. The number of esters is 1. The van der Waals surface area contributed by atoms with E-state index >= 15 is 0 Å². The molecule has 0 amide bonds. The minimum absolute atomic E-state index is 0.0346. The maximum Gasteiger partial charge on any atom is 0.397 e. The summed E-state index contributed by atoms with van der Waals surface area (Å²) >= 11 is 0. The quantitative estimate of drug-likeness (QED) is 0.0196. The van der Waals surface area contributed by atoms with Crippen molar-refractivity contribution in [3.05, 3.63) is 60.8 Å². The van der Waals surface area contributed by atoms with Gasteiger partial charge in [-0.1, -0.05) is 235 Å². The van der Waals surface area contributed by atoms with E-state index in [9.17, 15) is 33.1 Å². The standard InChI is InChI=1S/C58H104O12S/c1-3-5-7-9-11-13-15-17-19-21-23-24-25-26-27-28-29-31-33-35-37-39-41-43-45-47-54(60)68-52(51-67-58-56(62)57(70-71(63,64)65)55(61)53(49-59)69-58)50-66-48-46-44-42-40-38-36-34-32-30-22-20-18-16-14-12-10-8-6-4-2/h5,7,11,13,17,19,23-24,26-27,52-53,55-59,61-62H,3-4,6,8-10,12,14-16,18,20-22,25,28-51H2,1-2H3,(H,63,64,65)/b7-5-,13-11-,19-17-,24-23-,27-26-. The van der Waals surface area contributed by atoms with E-state index in [1.165, 1.54) is 135 Å². The lowest BCUT2D eigenvalue weighted by atomic mass is 9.99. The summed E-state index contributed by atoms with van der Waals surface area (Å²) in [5, 5.41) is 30.8. The molecule has 6 atom stereocenters. The molecule has 0 radical (unpaired) electrons. The predicted octanol–water partition coefficient (Wildman–Crippen LogP) is 14.0. The summed E-state index contributed by atoms with van der Waals surface area (Å²) in [6, 6.07) is 0. The van der Waals surface area contributed by atoms with E-state index < -0.39 is 59.8 Å². The van der Waals surface area contributed by atoms with Crippen LogP contribution in [0.2, 0.25) is 0 Å². The van der Waals surface area contributed by atoms with Gasteiger partial charge in [0, 0.05) is 13.0 Å². The second-order valence-corrected chi connectivity index (χ2v) is 20.6. The van der Waals surface area contributed by atoms with Crippen LogP contribution < -0.4 is 0 Å². The Morgan fingerprint density at radius 3 is 1.42 bits per heavy atom. The van der Waals surface area contributed by atoms with E-state index in [4.69, 9.17) is 18.9 Å². The van der Waals surface area contributed by atoms with Crippen LogP contribution in [0.5, 0.6) is 0 Å². The molecular weight excluding hydrogens is 921 g/mol. The fourth-order valence-corrected chi connectivity index (χ4v) is 9.15. The van der Waals surface area contributed by atoms with Crippen molar-refractivity contribution >= 4 is 16.4 Å². The van der Waals surface area contributed by atoms with Gasteiger partial charge in [0.15, 0.2) is 6.29 Å². The monoisotopic (exact) mass is 1020 g/mol. The number of carbonyl (C=O) groups is 1. The second-order valence-electron chi connectivity index (χ2n) is 19.5. The van der Waals surface area contributed by atoms with Crippen molar-refractivity contribution in [2.24, 2.45) is 0 Å². The molecule has 0 bridgehead atoms. The van der Waals surface area contributed by atoms with Crippen LogP contribution in [0, 0.1) is 0 Å². The molecule has 0 aromatic heterocycles. The third kappa shape index (κ3) is 41.8. The fraction of sp³-hybridized carbons (Fsp3) is 0.810. The van der Waals surface area contributed by atoms with Crippen molar-refractivity contribution in [3.63, 3.8) is 0 Å². The van der Waals surface area contributed by atoms with Crippen LogP contribution in [0.3, 0.4) is 0 Å². The van der Waals surface area contributed by atoms with Crippen molar-refractivity contribution in [1.82, 2.24) is 0 Å². The number of aliphatic hydroxyl groups excluding tert-OH is 3. The zero-order chi connectivity index (χ0) is 51.7. The van der Waals surface area contributed by atoms with Gasteiger partial charge in [0.05, 0.1) is 19.8 Å². The Labute approximate surface area is 433 Å². The van der Waals surface area contributed by atoms with Crippen LogP contribution in [0.15, 0.2) is 60.8 Å². The molecule has 4 N–H and O–H groups in total. The highest BCUT2D eigenvalue weighted by Gasteiger charge is 2.48. The molecule has 1 heterocycles. The Bertz CT molecular complexity index is 1460. The number of rotatable bonds is 50. The van der Waals surface area contributed by atoms with E-state index in [2.05, 4.69) is 78.8 Å². The number of ether oxygens (including phenoxy) is 4. The van der Waals surface area contributed by atoms with Gasteiger partial charge in [-0.3, -0.25) is 9.35 Å². The first kappa shape index (κ1) is 66.8. The van der Waals surface area contributed by atoms with Crippen molar-refractivity contribution in [1.29, 1.82) is 0 Å². The SMILES string of the molecule is CC/C=C\C/C=C\C/C=C\C/C=C\C/C=C\CCCCCCCCCCCC(=O)OC(COCCCCCCCCCCCCCCCCCCCCC)COC1OC(CO)C(O)C(OS(=O)(=O)O)C1O. The number of hydrogen-bond donors (Lipinski definition) is 4. The Hall–Kier alpha value is -2.20. The number of unbranched alkanes of at least 4 members (excludes halogenated alkanes) is 27. The Morgan fingerprint density at radius 1 is 0.549 bits per heavy atom. The van der Waals surface area contributed by atoms with Crippen molar-refractivity contribution < 1.29 is 56.2 Å². The summed E-state index contributed by atoms with van der Waals surface area (Å²) in [6.45, 7) is 3.91. The first-order valence-electron chi connectivity index (χ1n) is 28.5. The highest BCUT2D eigenvalue weighted by molar-refractivity contribution is 7.80. The topological polar surface area (TPSA) is 178 Å². The molecule has 13 heteroatoms. The van der Waals surface area contributed by atoms with Gasteiger partial charge >= 0.3 is 16.4 Å². The van der Waals surface area contributed by atoms with Crippen LogP contribution in [0.4, 0.5) is 0 Å². The fourth-order valence-electron chi connectivity index (χ4n) is 8.64. The largest absolute Gasteiger partial charge is 0.457 e. The molecule has 1 saturated heterocycles. The van der Waals surface area contributed by atoms with E-state index in [-0.39, 0.29) is 19.6 Å². The molecular formula is C58H104O12S. The van der Waals surface area contributed by atoms with E-state index in [1.807, 2.05) is 0 Å². The van der Waals surface area contributed by atoms with Crippen LogP contribution in [0.1, 0.15) is 239 Å².